The molecule has 2 heterocycles. The molecule has 0 radical (unpaired) electrons. The summed E-state index contributed by atoms with van der Waals surface area (Å²) in [5.41, 5.74) is 6.73. The summed E-state index contributed by atoms with van der Waals surface area (Å²) in [4.78, 5) is 27.7. The van der Waals surface area contributed by atoms with Gasteiger partial charge >= 0.3 is 5.69 Å². The minimum Gasteiger partial charge on any atom is -0.492 e. The van der Waals surface area contributed by atoms with Crippen LogP contribution in [0.3, 0.4) is 0 Å². The number of nitrogens with zero attached hydrogens (tertiary/aromatic N) is 3. The number of rotatable bonds is 6. The molecular weight excluding hydrogens is 386 g/mol. The summed E-state index contributed by atoms with van der Waals surface area (Å²) in [5, 5.41) is 0.385. The normalized spacial score (nSPS) is 21.9. The number of hydrogen-bond donors (Lipinski definition) is 2. The summed E-state index contributed by atoms with van der Waals surface area (Å²) in [6.07, 6.45) is 1.76. The lowest BCUT2D eigenvalue weighted by Crippen LogP contribution is -2.44. The number of benzene rings is 1. The highest BCUT2D eigenvalue weighted by atomic mass is 16.5. The largest absolute Gasteiger partial charge is 0.492 e. The van der Waals surface area contributed by atoms with Crippen LogP contribution in [0.25, 0.3) is 10.9 Å². The molecule has 1 aliphatic heterocycles. The molecule has 4 rings (SSSR count). The Bertz CT molecular complexity index is 1090. The van der Waals surface area contributed by atoms with Crippen molar-refractivity contribution in [1.82, 2.24) is 9.24 Å². The average molecular weight is 418 g/mol. The Morgan fingerprint density at radius 2 is 1.93 bits per heavy atom. The first-order valence-corrected chi connectivity index (χ1v) is 10.3. The van der Waals surface area contributed by atoms with E-state index in [9.17, 15) is 9.59 Å². The van der Waals surface area contributed by atoms with Crippen LogP contribution in [0.2, 0.25) is 0 Å². The molecule has 1 aromatic heterocycles. The topological polar surface area (TPSA) is 118 Å². The molecule has 0 unspecified atom stereocenters. The van der Waals surface area contributed by atoms with E-state index < -0.39 is 11.2 Å². The molecule has 1 aliphatic carbocycles. The number of nitrogens with two attached hydrogens (primary N) is 2. The van der Waals surface area contributed by atoms with Crippen LogP contribution in [0.4, 0.5) is 5.69 Å². The smallest absolute Gasteiger partial charge is 0.350 e. The van der Waals surface area contributed by atoms with Crippen molar-refractivity contribution in [2.45, 2.75) is 38.8 Å². The third-order valence-corrected chi connectivity index (χ3v) is 6.56. The fourth-order valence-electron chi connectivity index (χ4n) is 4.89. The number of methoxy groups -OCH3 is 2. The predicted molar refractivity (Wildman–Crippen MR) is 117 cm³/mol. The Morgan fingerprint density at radius 1 is 1.23 bits per heavy atom. The number of aromatic nitrogens is 2. The van der Waals surface area contributed by atoms with E-state index in [2.05, 4.69) is 18.7 Å². The molecule has 9 nitrogen and oxygen atoms in total. The second-order valence-corrected chi connectivity index (χ2v) is 9.17. The van der Waals surface area contributed by atoms with Crippen LogP contribution in [-0.2, 0) is 4.74 Å². The molecule has 30 heavy (non-hydrogen) atoms. The molecular formula is C21H31N5O4. The standard InChI is InChI=1S/C21H31N5O4/c1-21(2)11-24(9-14(21)15(22)10-29-3)16-8-7-13-17(18(16)30-4)25(12-5-6-12)20(28)26(23)19(13)27/h7-8,12,14-15H,5-6,9-11,22-23H2,1-4H3/t14-,15-/m0/s1. The molecule has 4 N–H and O–H groups in total. The maximum atomic E-state index is 12.8. The molecule has 2 atom stereocenters. The SMILES string of the molecule is COC[C@H](N)[C@@H]1CN(c2ccc3c(=O)n(N)c(=O)n(C4CC4)c3c2OC)CC1(C)C. The highest BCUT2D eigenvalue weighted by Gasteiger charge is 2.43. The monoisotopic (exact) mass is 417 g/mol. The Morgan fingerprint density at radius 3 is 2.53 bits per heavy atom. The third kappa shape index (κ3) is 3.16. The molecule has 2 aliphatic rings. The number of ether oxygens (including phenoxy) is 2. The molecule has 0 amide bonds. The van der Waals surface area contributed by atoms with Gasteiger partial charge in [-0.2, -0.15) is 4.68 Å². The van der Waals surface area contributed by atoms with Gasteiger partial charge in [-0.1, -0.05) is 13.8 Å². The van der Waals surface area contributed by atoms with Crippen LogP contribution in [0, 0.1) is 11.3 Å². The fourth-order valence-corrected chi connectivity index (χ4v) is 4.89. The van der Waals surface area contributed by atoms with Gasteiger partial charge in [0.1, 0.15) is 5.52 Å². The minimum atomic E-state index is -0.515. The van der Waals surface area contributed by atoms with Crippen molar-refractivity contribution < 1.29 is 9.47 Å². The molecule has 0 spiro atoms. The van der Waals surface area contributed by atoms with Crippen molar-refractivity contribution in [3.63, 3.8) is 0 Å². The lowest BCUT2D eigenvalue weighted by atomic mass is 9.78. The van der Waals surface area contributed by atoms with Crippen LogP contribution in [0.1, 0.15) is 32.7 Å². The van der Waals surface area contributed by atoms with Gasteiger partial charge in [0.25, 0.3) is 5.56 Å². The first-order chi connectivity index (χ1) is 14.2. The maximum Gasteiger partial charge on any atom is 0.350 e. The molecule has 9 heteroatoms. The summed E-state index contributed by atoms with van der Waals surface area (Å²) >= 11 is 0. The average Bonchev–Trinajstić information content (AvgIpc) is 3.48. The number of hydrogen-bond acceptors (Lipinski definition) is 7. The number of fused-ring (bicyclic) bond motifs is 1. The molecule has 1 saturated heterocycles. The van der Waals surface area contributed by atoms with E-state index in [1.807, 2.05) is 6.07 Å². The predicted octanol–water partition coefficient (Wildman–Crippen LogP) is 0.657. The lowest BCUT2D eigenvalue weighted by molar-refractivity contribution is 0.130. The second kappa shape index (κ2) is 7.31. The molecule has 0 bridgehead atoms. The van der Waals surface area contributed by atoms with Crippen molar-refractivity contribution in [2.75, 3.05) is 44.7 Å². The second-order valence-electron chi connectivity index (χ2n) is 9.17. The van der Waals surface area contributed by atoms with Gasteiger partial charge < -0.3 is 25.9 Å². The van der Waals surface area contributed by atoms with Gasteiger partial charge in [-0.05, 0) is 30.4 Å². The summed E-state index contributed by atoms with van der Waals surface area (Å²) in [6.45, 7) is 6.41. The van der Waals surface area contributed by atoms with Gasteiger partial charge in [-0.3, -0.25) is 9.36 Å². The van der Waals surface area contributed by atoms with Gasteiger partial charge in [-0.15, -0.1) is 0 Å². The number of anilines is 1. The van der Waals surface area contributed by atoms with Gasteiger partial charge in [0.15, 0.2) is 5.75 Å². The summed E-state index contributed by atoms with van der Waals surface area (Å²) in [5.74, 6) is 6.53. The van der Waals surface area contributed by atoms with Crippen molar-refractivity contribution in [1.29, 1.82) is 0 Å². The Labute approximate surface area is 175 Å². The molecule has 1 saturated carbocycles. The van der Waals surface area contributed by atoms with E-state index in [0.29, 0.717) is 27.9 Å². The van der Waals surface area contributed by atoms with Crippen molar-refractivity contribution in [3.8, 4) is 5.75 Å². The van der Waals surface area contributed by atoms with E-state index in [1.54, 1.807) is 24.9 Å². The highest BCUT2D eigenvalue weighted by Crippen LogP contribution is 2.45. The van der Waals surface area contributed by atoms with Gasteiger partial charge in [0.2, 0.25) is 0 Å². The van der Waals surface area contributed by atoms with Crippen molar-refractivity contribution >= 4 is 16.6 Å². The van der Waals surface area contributed by atoms with Crippen LogP contribution >= 0.6 is 0 Å². The van der Waals surface area contributed by atoms with Crippen LogP contribution < -0.4 is 32.5 Å². The van der Waals surface area contributed by atoms with Gasteiger partial charge in [0.05, 0.1) is 24.8 Å². The highest BCUT2D eigenvalue weighted by molar-refractivity contribution is 5.91. The lowest BCUT2D eigenvalue weighted by Gasteiger charge is -2.29. The van der Waals surface area contributed by atoms with E-state index in [0.717, 1.165) is 31.6 Å². The molecule has 2 aromatic rings. The van der Waals surface area contributed by atoms with E-state index in [4.69, 9.17) is 21.1 Å². The van der Waals surface area contributed by atoms with Crippen molar-refractivity contribution in [2.24, 2.45) is 17.1 Å². The van der Waals surface area contributed by atoms with Crippen LogP contribution in [-0.4, -0.2) is 49.2 Å². The Balaban J connectivity index is 1.87. The zero-order chi connectivity index (χ0) is 21.8. The summed E-state index contributed by atoms with van der Waals surface area (Å²) < 4.78 is 13.4. The molecule has 164 valence electrons. The Kier molecular flexibility index (Phi) is 5.06. The third-order valence-electron chi connectivity index (χ3n) is 6.56. The van der Waals surface area contributed by atoms with E-state index in [1.165, 1.54) is 0 Å². The maximum absolute atomic E-state index is 12.8. The van der Waals surface area contributed by atoms with E-state index in [-0.39, 0.29) is 23.4 Å². The minimum absolute atomic E-state index is 0.0330. The zero-order valence-corrected chi connectivity index (χ0v) is 18.1. The summed E-state index contributed by atoms with van der Waals surface area (Å²) in [7, 11) is 3.23. The zero-order valence-electron chi connectivity index (χ0n) is 18.1. The first-order valence-electron chi connectivity index (χ1n) is 10.3. The molecule has 1 aromatic carbocycles. The summed E-state index contributed by atoms with van der Waals surface area (Å²) in [6, 6.07) is 3.57. The van der Waals surface area contributed by atoms with E-state index >= 15 is 0 Å². The van der Waals surface area contributed by atoms with Crippen LogP contribution in [0.15, 0.2) is 21.7 Å². The fraction of sp³-hybridized carbons (Fsp3) is 0.619. The van der Waals surface area contributed by atoms with Gasteiger partial charge in [-0.25, -0.2) is 4.79 Å². The number of nitrogen functional groups attached to an aromatic ring is 1. The quantitative estimate of drug-likeness (QED) is 0.663. The van der Waals surface area contributed by atoms with Crippen LogP contribution in [0.5, 0.6) is 5.75 Å². The Hall–Kier alpha value is -2.52. The van der Waals surface area contributed by atoms with Gasteiger partial charge in [0, 0.05) is 38.2 Å². The van der Waals surface area contributed by atoms with Crippen molar-refractivity contribution in [3.05, 3.63) is 33.0 Å². The molecule has 2 fully saturated rings. The first kappa shape index (κ1) is 20.7.